The Balaban J connectivity index is 1.53. The summed E-state index contributed by atoms with van der Waals surface area (Å²) in [6, 6.07) is 27.2. The van der Waals surface area contributed by atoms with E-state index in [1.54, 1.807) is 0 Å². The van der Waals surface area contributed by atoms with Crippen molar-refractivity contribution in [2.24, 2.45) is 0 Å². The molecule has 3 aromatic rings. The van der Waals surface area contributed by atoms with Gasteiger partial charge in [0.15, 0.2) is 0 Å². The summed E-state index contributed by atoms with van der Waals surface area (Å²) in [5, 5.41) is 6.88. The Morgan fingerprint density at radius 1 is 0.652 bits per heavy atom. The fourth-order valence-corrected chi connectivity index (χ4v) is 2.59. The van der Waals surface area contributed by atoms with Gasteiger partial charge < -0.3 is 10.6 Å². The number of rotatable bonds is 6. The number of anilines is 3. The second kappa shape index (κ2) is 7.50. The quantitative estimate of drug-likeness (QED) is 0.637. The van der Waals surface area contributed by atoms with Gasteiger partial charge in [-0.2, -0.15) is 0 Å². The maximum Gasteiger partial charge on any atom is 0.0385 e. The normalized spacial score (nSPS) is 10.3. The molecule has 2 N–H and O–H groups in total. The summed E-state index contributed by atoms with van der Waals surface area (Å²) in [7, 11) is 0. The molecule has 2 heteroatoms. The number of para-hydroxylation sites is 1. The van der Waals surface area contributed by atoms with Crippen molar-refractivity contribution in [3.8, 4) is 0 Å². The van der Waals surface area contributed by atoms with Crippen molar-refractivity contribution < 1.29 is 0 Å². The van der Waals surface area contributed by atoms with E-state index in [1.165, 1.54) is 11.1 Å². The first-order chi connectivity index (χ1) is 11.3. The SMILES string of the molecule is Cc1ccccc1CCNc1ccc(Nc2ccccc2)cc1. The number of benzene rings is 3. The lowest BCUT2D eigenvalue weighted by Gasteiger charge is -2.10. The van der Waals surface area contributed by atoms with Gasteiger partial charge >= 0.3 is 0 Å². The predicted octanol–water partition coefficient (Wildman–Crippen LogP) is 5.39. The minimum atomic E-state index is 0.941. The summed E-state index contributed by atoms with van der Waals surface area (Å²) in [6.45, 7) is 3.11. The van der Waals surface area contributed by atoms with Gasteiger partial charge in [0.05, 0.1) is 0 Å². The Kier molecular flexibility index (Phi) is 4.95. The fourth-order valence-electron chi connectivity index (χ4n) is 2.59. The highest BCUT2D eigenvalue weighted by atomic mass is 14.9. The molecule has 0 bridgehead atoms. The second-order valence-corrected chi connectivity index (χ2v) is 5.67. The van der Waals surface area contributed by atoms with E-state index in [0.29, 0.717) is 0 Å². The molecule has 3 rings (SSSR count). The first kappa shape index (κ1) is 15.2. The Morgan fingerprint density at radius 2 is 1.26 bits per heavy atom. The third kappa shape index (κ3) is 4.36. The largest absolute Gasteiger partial charge is 0.385 e. The van der Waals surface area contributed by atoms with Crippen LogP contribution >= 0.6 is 0 Å². The van der Waals surface area contributed by atoms with Crippen LogP contribution in [0.5, 0.6) is 0 Å². The molecule has 0 saturated carbocycles. The summed E-state index contributed by atoms with van der Waals surface area (Å²) in [4.78, 5) is 0. The Bertz CT molecular complexity index is 733. The van der Waals surface area contributed by atoms with Crippen LogP contribution in [0.1, 0.15) is 11.1 Å². The average molecular weight is 302 g/mol. The minimum absolute atomic E-state index is 0.941. The van der Waals surface area contributed by atoms with Gasteiger partial charge in [0.1, 0.15) is 0 Å². The first-order valence-electron chi connectivity index (χ1n) is 8.02. The third-order valence-corrected chi connectivity index (χ3v) is 3.93. The van der Waals surface area contributed by atoms with E-state index in [4.69, 9.17) is 0 Å². The maximum absolute atomic E-state index is 3.48. The Labute approximate surface area is 138 Å². The van der Waals surface area contributed by atoms with E-state index < -0.39 is 0 Å². The lowest BCUT2D eigenvalue weighted by molar-refractivity contribution is 1.01. The molecule has 2 nitrogen and oxygen atoms in total. The van der Waals surface area contributed by atoms with Gasteiger partial charge in [-0.05, 0) is 60.9 Å². The zero-order chi connectivity index (χ0) is 15.9. The van der Waals surface area contributed by atoms with Crippen LogP contribution in [-0.2, 0) is 6.42 Å². The van der Waals surface area contributed by atoms with E-state index in [-0.39, 0.29) is 0 Å². The smallest absolute Gasteiger partial charge is 0.0385 e. The van der Waals surface area contributed by atoms with Gasteiger partial charge in [-0.1, -0.05) is 42.5 Å². The monoisotopic (exact) mass is 302 g/mol. The number of hydrogen-bond acceptors (Lipinski definition) is 2. The molecule has 23 heavy (non-hydrogen) atoms. The highest BCUT2D eigenvalue weighted by Crippen LogP contribution is 2.18. The van der Waals surface area contributed by atoms with Crippen molar-refractivity contribution >= 4 is 17.1 Å². The molecule has 0 unspecified atom stereocenters. The maximum atomic E-state index is 3.48. The molecule has 0 aliphatic heterocycles. The molecule has 0 radical (unpaired) electrons. The molecule has 0 aliphatic carbocycles. The Hall–Kier alpha value is -2.74. The van der Waals surface area contributed by atoms with Crippen molar-refractivity contribution in [2.75, 3.05) is 17.2 Å². The van der Waals surface area contributed by atoms with Gasteiger partial charge in [0, 0.05) is 23.6 Å². The van der Waals surface area contributed by atoms with Crippen molar-refractivity contribution in [3.63, 3.8) is 0 Å². The van der Waals surface area contributed by atoms with Crippen LogP contribution in [0.15, 0.2) is 78.9 Å². The molecule has 0 amide bonds. The summed E-state index contributed by atoms with van der Waals surface area (Å²) >= 11 is 0. The standard InChI is InChI=1S/C21H22N2/c1-17-7-5-6-8-18(17)15-16-22-19-11-13-21(14-12-19)23-20-9-3-2-4-10-20/h2-14,22-23H,15-16H2,1H3. The minimum Gasteiger partial charge on any atom is -0.385 e. The molecule has 0 aliphatic rings. The van der Waals surface area contributed by atoms with Crippen molar-refractivity contribution in [1.29, 1.82) is 0 Å². The summed E-state index contributed by atoms with van der Waals surface area (Å²) in [5.41, 5.74) is 6.12. The first-order valence-corrected chi connectivity index (χ1v) is 8.02. The molecule has 0 saturated heterocycles. The summed E-state index contributed by atoms with van der Waals surface area (Å²) in [5.74, 6) is 0. The number of nitrogens with one attached hydrogen (secondary N) is 2. The van der Waals surface area contributed by atoms with Gasteiger partial charge in [-0.3, -0.25) is 0 Å². The average Bonchev–Trinajstić information content (AvgIpc) is 2.59. The van der Waals surface area contributed by atoms with Crippen molar-refractivity contribution in [3.05, 3.63) is 90.0 Å². The van der Waals surface area contributed by atoms with Crippen LogP contribution in [0.2, 0.25) is 0 Å². The molecule has 3 aromatic carbocycles. The molecule has 0 atom stereocenters. The van der Waals surface area contributed by atoms with E-state index in [0.717, 1.165) is 30.0 Å². The van der Waals surface area contributed by atoms with Gasteiger partial charge in [-0.25, -0.2) is 0 Å². The lowest BCUT2D eigenvalue weighted by Crippen LogP contribution is -2.05. The number of hydrogen-bond donors (Lipinski definition) is 2. The van der Waals surface area contributed by atoms with Gasteiger partial charge in [0.2, 0.25) is 0 Å². The molecule has 0 spiro atoms. The van der Waals surface area contributed by atoms with Crippen LogP contribution < -0.4 is 10.6 Å². The van der Waals surface area contributed by atoms with Crippen LogP contribution in [-0.4, -0.2) is 6.54 Å². The topological polar surface area (TPSA) is 24.1 Å². The van der Waals surface area contributed by atoms with Crippen LogP contribution in [0.3, 0.4) is 0 Å². The molecular weight excluding hydrogens is 280 g/mol. The highest BCUT2D eigenvalue weighted by molar-refractivity contribution is 5.62. The van der Waals surface area contributed by atoms with E-state index in [2.05, 4.69) is 78.2 Å². The lowest BCUT2D eigenvalue weighted by atomic mass is 10.1. The third-order valence-electron chi connectivity index (χ3n) is 3.93. The van der Waals surface area contributed by atoms with E-state index in [1.807, 2.05) is 18.2 Å². The van der Waals surface area contributed by atoms with Crippen molar-refractivity contribution in [1.82, 2.24) is 0 Å². The second-order valence-electron chi connectivity index (χ2n) is 5.67. The summed E-state index contributed by atoms with van der Waals surface area (Å²) in [6.07, 6.45) is 1.04. The highest BCUT2D eigenvalue weighted by Gasteiger charge is 1.98. The van der Waals surface area contributed by atoms with Crippen LogP contribution in [0, 0.1) is 6.92 Å². The van der Waals surface area contributed by atoms with Crippen LogP contribution in [0.25, 0.3) is 0 Å². The predicted molar refractivity (Wildman–Crippen MR) is 99.5 cm³/mol. The molecule has 116 valence electrons. The summed E-state index contributed by atoms with van der Waals surface area (Å²) < 4.78 is 0. The molecular formula is C21H22N2. The molecule has 0 aromatic heterocycles. The van der Waals surface area contributed by atoms with Crippen LogP contribution in [0.4, 0.5) is 17.1 Å². The van der Waals surface area contributed by atoms with E-state index >= 15 is 0 Å². The molecule has 0 fully saturated rings. The fraction of sp³-hybridized carbons (Fsp3) is 0.143. The van der Waals surface area contributed by atoms with Crippen molar-refractivity contribution in [2.45, 2.75) is 13.3 Å². The zero-order valence-electron chi connectivity index (χ0n) is 13.4. The van der Waals surface area contributed by atoms with E-state index in [9.17, 15) is 0 Å². The van der Waals surface area contributed by atoms with Gasteiger partial charge in [-0.15, -0.1) is 0 Å². The number of aryl methyl sites for hydroxylation is 1. The zero-order valence-corrected chi connectivity index (χ0v) is 13.4. The Morgan fingerprint density at radius 3 is 2.00 bits per heavy atom. The molecule has 0 heterocycles. The van der Waals surface area contributed by atoms with Gasteiger partial charge in [0.25, 0.3) is 0 Å².